The molecule has 1 N–H and O–H groups in total. The van der Waals surface area contributed by atoms with E-state index in [9.17, 15) is 46.7 Å². The van der Waals surface area contributed by atoms with Crippen molar-refractivity contribution in [2.75, 3.05) is 14.2 Å². The van der Waals surface area contributed by atoms with Crippen molar-refractivity contribution in [1.82, 2.24) is 20.0 Å². The zero-order chi connectivity index (χ0) is 57.8. The minimum absolute atomic E-state index is 0.00347. The molecule has 10 rings (SSSR count). The van der Waals surface area contributed by atoms with E-state index in [1.54, 1.807) is 12.1 Å². The second kappa shape index (κ2) is 26.3. The van der Waals surface area contributed by atoms with Crippen LogP contribution in [0, 0.1) is 19.2 Å². The Labute approximate surface area is 509 Å². The molecule has 3 saturated carbocycles. The van der Waals surface area contributed by atoms with Crippen LogP contribution in [0.5, 0.6) is 0 Å². The number of H-pyrrole nitrogens is 1. The maximum absolute atomic E-state index is 13.8. The van der Waals surface area contributed by atoms with Gasteiger partial charge in [0.15, 0.2) is 0 Å². The first-order valence-corrected chi connectivity index (χ1v) is 28.8. The molecule has 0 spiro atoms. The fourth-order valence-electron chi connectivity index (χ4n) is 9.38. The summed E-state index contributed by atoms with van der Waals surface area (Å²) < 4.78 is 53.6. The molecule has 13 nitrogen and oxygen atoms in total. The van der Waals surface area contributed by atoms with Crippen molar-refractivity contribution in [3.63, 3.8) is 0 Å². The van der Waals surface area contributed by atoms with Crippen LogP contribution in [0.25, 0.3) is 0 Å². The van der Waals surface area contributed by atoms with E-state index in [1.165, 1.54) is 38.0 Å². The summed E-state index contributed by atoms with van der Waals surface area (Å²) in [5.74, 6) is -1.64. The number of halogens is 12. The number of alkyl halides is 3. The molecule has 5 aliphatic rings. The Hall–Kier alpha value is -3.35. The number of rotatable bonds is 9. The number of fused-ring (bicyclic) bond motifs is 2. The summed E-state index contributed by atoms with van der Waals surface area (Å²) in [6.07, 6.45) is 3.59. The Bertz CT molecular complexity index is 3090. The summed E-state index contributed by atoms with van der Waals surface area (Å²) in [6.45, 7) is 4.25. The summed E-state index contributed by atoms with van der Waals surface area (Å²) in [6, 6.07) is 15.2. The number of carbonyl (C=O) groups excluding carboxylic acids is 7. The van der Waals surface area contributed by atoms with E-state index in [1.807, 2.05) is 46.9 Å². The van der Waals surface area contributed by atoms with Crippen molar-refractivity contribution in [3.8, 4) is 0 Å². The quantitative estimate of drug-likeness (QED) is 0.0641. The van der Waals surface area contributed by atoms with Gasteiger partial charge in [0.05, 0.1) is 68.9 Å². The molecule has 5 aromatic rings. The molecular formula is C53H48Cl7F3I2N4O9. The lowest BCUT2D eigenvalue weighted by atomic mass is 9.87. The SMILES string of the molecule is CC1(c2cccc(Cl)c2C(=O)Cl)CC1.CC1(c2cccc(Cl)c2C(=O)Cl)CC1.COC(=O)[C@@H]1CCc2c(I)n[nH]c2C1.COC(=O)[C@@H]1CCc2c(I)nn(C(=O)c3c(Cl)cccc3C3(C(F)(F)F)CC3)c2C1.O=C(Cl)C(=O)Cl. The van der Waals surface area contributed by atoms with Crippen LogP contribution in [0.1, 0.15) is 135 Å². The highest BCUT2D eigenvalue weighted by atomic mass is 127. The van der Waals surface area contributed by atoms with Crippen molar-refractivity contribution in [1.29, 1.82) is 0 Å². The second-order valence-electron chi connectivity index (χ2n) is 19.6. The van der Waals surface area contributed by atoms with Crippen LogP contribution in [-0.2, 0) is 70.6 Å². The van der Waals surface area contributed by atoms with Crippen LogP contribution >= 0.6 is 126 Å². The number of esters is 2. The van der Waals surface area contributed by atoms with Crippen molar-refractivity contribution < 1.29 is 56.2 Å². The molecule has 0 unspecified atom stereocenters. The summed E-state index contributed by atoms with van der Waals surface area (Å²) in [5, 5.41) is 9.05. The average molecular weight is 1440 g/mol. The van der Waals surface area contributed by atoms with Crippen LogP contribution in [0.15, 0.2) is 54.6 Å². The first-order valence-electron chi connectivity index (χ1n) is 24.0. The summed E-state index contributed by atoms with van der Waals surface area (Å²) >= 11 is 42.4. The lowest BCUT2D eigenvalue weighted by molar-refractivity contribution is -0.160. The normalized spacial score (nSPS) is 18.3. The predicted molar refractivity (Wildman–Crippen MR) is 308 cm³/mol. The predicted octanol–water partition coefficient (Wildman–Crippen LogP) is 14.1. The topological polar surface area (TPSA) is 184 Å². The van der Waals surface area contributed by atoms with Gasteiger partial charge in [-0.15, -0.1) is 0 Å². The zero-order valence-corrected chi connectivity index (χ0v) is 51.5. The van der Waals surface area contributed by atoms with E-state index < -0.39 is 44.4 Å². The molecule has 2 aromatic heterocycles. The number of nitrogens with one attached hydrogen (secondary N) is 1. The monoisotopic (exact) mass is 1440 g/mol. The van der Waals surface area contributed by atoms with Crippen molar-refractivity contribution in [2.45, 2.75) is 113 Å². The van der Waals surface area contributed by atoms with Gasteiger partial charge in [0.25, 0.3) is 16.4 Å². The Morgan fingerprint density at radius 3 is 1.45 bits per heavy atom. The molecule has 0 bridgehead atoms. The number of methoxy groups -OCH3 is 2. The molecule has 0 saturated heterocycles. The number of nitrogens with zero attached hydrogens (tertiary/aromatic N) is 3. The third kappa shape index (κ3) is 14.6. The van der Waals surface area contributed by atoms with Gasteiger partial charge in [-0.25, -0.2) is 0 Å². The number of aromatic amines is 1. The zero-order valence-electron chi connectivity index (χ0n) is 41.9. The number of hydrogen-bond acceptors (Lipinski definition) is 11. The van der Waals surface area contributed by atoms with E-state index in [0.29, 0.717) is 43.4 Å². The summed E-state index contributed by atoms with van der Waals surface area (Å²) in [7, 11) is 2.74. The van der Waals surface area contributed by atoms with Gasteiger partial charge in [0.1, 0.15) is 7.40 Å². The van der Waals surface area contributed by atoms with Crippen LogP contribution in [0.3, 0.4) is 0 Å². The standard InChI is InChI=1S/C20H17ClF3IN2O3.2C11H10Cl2O.C9H11IN2O2.C2Cl2O2/c1-30-18(29)10-5-6-11-14(9-10)27(26-16(11)25)17(28)15-12(3-2-4-13(15)21)19(7-8-19)20(22,23)24;2*1-11(5-6-11)7-3-2-4-8(12)9(7)10(13)14;1-14-9(13)5-2-3-6-7(4-5)11-12-8(6)10;3-1(5)2(4)6/h2-4,10H,5-9H2,1H3;2*2-4H,5-6H2,1H3;5H,2-4H2,1H3,(H,11,12);/t10-;;;5-;/m1..1./s1. The maximum atomic E-state index is 13.8. The first kappa shape index (κ1) is 63.8. The second-order valence-corrected chi connectivity index (χ2v) is 24.3. The largest absolute Gasteiger partial charge is 0.469 e. The number of carbonyl (C=O) groups is 7. The van der Waals surface area contributed by atoms with Crippen LogP contribution in [-0.4, -0.2) is 79.2 Å². The van der Waals surface area contributed by atoms with E-state index in [-0.39, 0.29) is 64.1 Å². The molecule has 0 amide bonds. The van der Waals surface area contributed by atoms with Crippen LogP contribution in [0.2, 0.25) is 15.1 Å². The Morgan fingerprint density at radius 1 is 0.628 bits per heavy atom. The van der Waals surface area contributed by atoms with Gasteiger partial charge in [0.2, 0.25) is 0 Å². The Balaban J connectivity index is 0.000000173. The number of ether oxygens (including phenoxy) is 2. The number of benzene rings is 3. The molecule has 25 heteroatoms. The average Bonchev–Trinajstić information content (AvgIpc) is 4.54. The van der Waals surface area contributed by atoms with Crippen molar-refractivity contribution in [3.05, 3.63) is 133 Å². The molecule has 3 fully saturated rings. The highest BCUT2D eigenvalue weighted by molar-refractivity contribution is 14.1. The summed E-state index contributed by atoms with van der Waals surface area (Å²) in [4.78, 5) is 78.1. The van der Waals surface area contributed by atoms with Crippen LogP contribution in [0.4, 0.5) is 13.2 Å². The van der Waals surface area contributed by atoms with E-state index in [2.05, 4.69) is 74.9 Å². The third-order valence-electron chi connectivity index (χ3n) is 14.5. The molecule has 0 aliphatic heterocycles. The van der Waals surface area contributed by atoms with Gasteiger partial charge >= 0.3 is 28.6 Å². The van der Waals surface area contributed by atoms with Crippen molar-refractivity contribution >= 4 is 165 Å². The molecule has 78 heavy (non-hydrogen) atoms. The molecule has 5 aliphatic carbocycles. The molecule has 2 heterocycles. The number of hydrogen-bond donors (Lipinski definition) is 1. The molecule has 2 atom stereocenters. The van der Waals surface area contributed by atoms with E-state index in [4.69, 9.17) is 67.5 Å². The van der Waals surface area contributed by atoms with Gasteiger partial charge in [-0.3, -0.25) is 38.7 Å². The lowest BCUT2D eigenvalue weighted by Crippen LogP contribution is -2.32. The molecule has 0 radical (unpaired) electrons. The van der Waals surface area contributed by atoms with Gasteiger partial charge in [-0.2, -0.15) is 28.1 Å². The van der Waals surface area contributed by atoms with Gasteiger partial charge in [0, 0.05) is 29.7 Å². The van der Waals surface area contributed by atoms with Gasteiger partial charge in [-0.05, 0) is 202 Å². The van der Waals surface area contributed by atoms with Crippen molar-refractivity contribution in [2.24, 2.45) is 11.8 Å². The van der Waals surface area contributed by atoms with E-state index >= 15 is 0 Å². The lowest BCUT2D eigenvalue weighted by Gasteiger charge is -2.24. The minimum atomic E-state index is -4.49. The highest BCUT2D eigenvalue weighted by Gasteiger charge is 2.65. The maximum Gasteiger partial charge on any atom is 0.398 e. The molecular weight excluding hydrogens is 1400 g/mol. The van der Waals surface area contributed by atoms with E-state index in [0.717, 1.165) is 75.7 Å². The molecule has 418 valence electrons. The third-order valence-corrected chi connectivity index (χ3v) is 18.0. The fourth-order valence-corrected chi connectivity index (χ4v) is 12.2. The Kier molecular flexibility index (Phi) is 21.5. The smallest absolute Gasteiger partial charge is 0.398 e. The fraction of sp³-hybridized carbons (Fsp3) is 0.415. The first-order chi connectivity index (χ1) is 36.6. The van der Waals surface area contributed by atoms with Gasteiger partial charge in [-0.1, -0.05) is 85.0 Å². The Morgan fingerprint density at radius 2 is 1.05 bits per heavy atom. The minimum Gasteiger partial charge on any atom is -0.469 e. The number of aromatic nitrogens is 4. The summed E-state index contributed by atoms with van der Waals surface area (Å²) in [5.41, 5.74) is 4.53. The van der Waals surface area contributed by atoms with Crippen LogP contribution < -0.4 is 0 Å². The molecule has 3 aromatic carbocycles. The highest BCUT2D eigenvalue weighted by Crippen LogP contribution is 2.60. The van der Waals surface area contributed by atoms with Gasteiger partial charge < -0.3 is 9.47 Å².